The molecule has 0 aliphatic rings. The molecule has 0 amide bonds. The third kappa shape index (κ3) is 3.87. The first-order valence-corrected chi connectivity index (χ1v) is 4.90. The minimum Gasteiger partial charge on any atom is -0.392 e. The third-order valence-electron chi connectivity index (χ3n) is 1.47. The maximum absolute atomic E-state index is 5.61. The van der Waals surface area contributed by atoms with E-state index in [2.05, 4.69) is 17.6 Å². The summed E-state index contributed by atoms with van der Waals surface area (Å²) in [7, 11) is 0. The summed E-state index contributed by atoms with van der Waals surface area (Å²) in [4.78, 5) is 0. The maximum atomic E-state index is 5.61. The number of benzene rings is 1. The van der Waals surface area contributed by atoms with Crippen molar-refractivity contribution >= 4 is 11.8 Å². The standard InChI is InChI=1S/C9H13N3S/c10-9(6-12-11)13-7-8-4-2-1-3-5-8/h1-6,12H,7,10-11H2/b9-6+. The number of rotatable bonds is 4. The van der Waals surface area contributed by atoms with Crippen LogP contribution in [0, 0.1) is 0 Å². The van der Waals surface area contributed by atoms with Gasteiger partial charge in [-0.2, -0.15) is 0 Å². The predicted molar refractivity (Wildman–Crippen MR) is 57.3 cm³/mol. The minimum atomic E-state index is 0.686. The first kappa shape index (κ1) is 9.95. The van der Waals surface area contributed by atoms with Gasteiger partial charge in [0.05, 0.1) is 5.03 Å². The number of hydrogen-bond donors (Lipinski definition) is 3. The van der Waals surface area contributed by atoms with Crippen molar-refractivity contribution in [2.24, 2.45) is 11.6 Å². The minimum absolute atomic E-state index is 0.686. The van der Waals surface area contributed by atoms with Crippen LogP contribution in [0.3, 0.4) is 0 Å². The van der Waals surface area contributed by atoms with Crippen molar-refractivity contribution in [3.8, 4) is 0 Å². The molecule has 0 aromatic heterocycles. The first-order valence-electron chi connectivity index (χ1n) is 3.91. The van der Waals surface area contributed by atoms with Crippen molar-refractivity contribution in [2.45, 2.75) is 5.75 Å². The second kappa shape index (κ2) is 5.50. The molecule has 4 heteroatoms. The molecule has 3 nitrogen and oxygen atoms in total. The highest BCUT2D eigenvalue weighted by Crippen LogP contribution is 2.15. The quantitative estimate of drug-likeness (QED) is 0.498. The zero-order valence-corrected chi connectivity index (χ0v) is 8.05. The number of thioether (sulfide) groups is 1. The van der Waals surface area contributed by atoms with E-state index in [9.17, 15) is 0 Å². The van der Waals surface area contributed by atoms with E-state index < -0.39 is 0 Å². The molecule has 1 rings (SSSR count). The van der Waals surface area contributed by atoms with Gasteiger partial charge in [-0.25, -0.2) is 0 Å². The molecule has 1 aromatic carbocycles. The topological polar surface area (TPSA) is 64.1 Å². The average Bonchev–Trinajstić information content (AvgIpc) is 2.17. The van der Waals surface area contributed by atoms with Crippen LogP contribution in [-0.2, 0) is 5.75 Å². The summed E-state index contributed by atoms with van der Waals surface area (Å²) < 4.78 is 0. The van der Waals surface area contributed by atoms with Gasteiger partial charge >= 0.3 is 0 Å². The second-order valence-corrected chi connectivity index (χ2v) is 3.54. The molecule has 70 valence electrons. The van der Waals surface area contributed by atoms with Crippen LogP contribution in [0.2, 0.25) is 0 Å². The molecule has 0 aliphatic carbocycles. The Morgan fingerprint density at radius 3 is 2.69 bits per heavy atom. The lowest BCUT2D eigenvalue weighted by Crippen LogP contribution is -2.15. The fraction of sp³-hybridized carbons (Fsp3) is 0.111. The highest BCUT2D eigenvalue weighted by atomic mass is 32.2. The number of hydrogen-bond acceptors (Lipinski definition) is 4. The van der Waals surface area contributed by atoms with Gasteiger partial charge in [0.15, 0.2) is 0 Å². The van der Waals surface area contributed by atoms with Gasteiger partial charge in [-0.15, -0.1) is 11.8 Å². The number of nitrogens with one attached hydrogen (secondary N) is 1. The zero-order chi connectivity index (χ0) is 9.52. The predicted octanol–water partition coefficient (Wildman–Crippen LogP) is 1.14. The molecule has 13 heavy (non-hydrogen) atoms. The van der Waals surface area contributed by atoms with E-state index in [1.165, 1.54) is 5.56 Å². The summed E-state index contributed by atoms with van der Waals surface area (Å²) >= 11 is 1.55. The molecule has 1 aromatic rings. The Morgan fingerprint density at radius 2 is 2.08 bits per heavy atom. The van der Waals surface area contributed by atoms with Crippen LogP contribution in [0.5, 0.6) is 0 Å². The van der Waals surface area contributed by atoms with Crippen LogP contribution in [-0.4, -0.2) is 0 Å². The molecule has 0 saturated heterocycles. The highest BCUT2D eigenvalue weighted by molar-refractivity contribution is 8.02. The van der Waals surface area contributed by atoms with Crippen molar-refractivity contribution < 1.29 is 0 Å². The lowest BCUT2D eigenvalue weighted by molar-refractivity contribution is 0.960. The zero-order valence-electron chi connectivity index (χ0n) is 7.23. The molecule has 0 saturated carbocycles. The molecule has 0 radical (unpaired) electrons. The molecular formula is C9H13N3S. The molecule has 0 bridgehead atoms. The third-order valence-corrected chi connectivity index (χ3v) is 2.40. The second-order valence-electron chi connectivity index (χ2n) is 2.49. The highest BCUT2D eigenvalue weighted by Gasteiger charge is 1.93. The summed E-state index contributed by atoms with van der Waals surface area (Å²) in [6.07, 6.45) is 1.58. The van der Waals surface area contributed by atoms with Gasteiger partial charge in [0.1, 0.15) is 0 Å². The first-order chi connectivity index (χ1) is 6.33. The lowest BCUT2D eigenvalue weighted by atomic mass is 10.2. The summed E-state index contributed by atoms with van der Waals surface area (Å²) in [5.41, 5.74) is 9.26. The summed E-state index contributed by atoms with van der Waals surface area (Å²) in [6, 6.07) is 10.1. The average molecular weight is 195 g/mol. The summed E-state index contributed by atoms with van der Waals surface area (Å²) in [6.45, 7) is 0. The van der Waals surface area contributed by atoms with Gasteiger partial charge < -0.3 is 11.2 Å². The Labute approximate surface area is 82.2 Å². The molecule has 5 N–H and O–H groups in total. The Morgan fingerprint density at radius 1 is 1.38 bits per heavy atom. The molecule has 0 unspecified atom stereocenters. The molecule has 0 fully saturated rings. The van der Waals surface area contributed by atoms with Crippen LogP contribution in [0.15, 0.2) is 41.6 Å². The molecule has 0 spiro atoms. The van der Waals surface area contributed by atoms with Crippen molar-refractivity contribution in [1.82, 2.24) is 5.43 Å². The molecular weight excluding hydrogens is 182 g/mol. The number of nitrogens with two attached hydrogens (primary N) is 2. The Balaban J connectivity index is 2.39. The monoisotopic (exact) mass is 195 g/mol. The van der Waals surface area contributed by atoms with Gasteiger partial charge in [0, 0.05) is 12.0 Å². The smallest absolute Gasteiger partial charge is 0.0832 e. The van der Waals surface area contributed by atoms with E-state index in [0.29, 0.717) is 5.03 Å². The van der Waals surface area contributed by atoms with Crippen LogP contribution in [0.4, 0.5) is 0 Å². The molecule has 0 aliphatic heterocycles. The van der Waals surface area contributed by atoms with Crippen LogP contribution < -0.4 is 17.0 Å². The Kier molecular flexibility index (Phi) is 4.21. The van der Waals surface area contributed by atoms with Crippen molar-refractivity contribution in [1.29, 1.82) is 0 Å². The molecule has 0 atom stereocenters. The fourth-order valence-electron chi connectivity index (χ4n) is 0.865. The fourth-order valence-corrected chi connectivity index (χ4v) is 1.54. The van der Waals surface area contributed by atoms with Crippen LogP contribution in [0.1, 0.15) is 5.56 Å². The number of hydrazine groups is 1. The van der Waals surface area contributed by atoms with Gasteiger partial charge in [-0.1, -0.05) is 30.3 Å². The summed E-state index contributed by atoms with van der Waals surface area (Å²) in [5.74, 6) is 5.94. The normalized spacial score (nSPS) is 11.3. The van der Waals surface area contributed by atoms with Gasteiger partial charge in [0.25, 0.3) is 0 Å². The van der Waals surface area contributed by atoms with E-state index in [1.807, 2.05) is 18.2 Å². The summed E-state index contributed by atoms with van der Waals surface area (Å²) in [5, 5.41) is 0.686. The van der Waals surface area contributed by atoms with Gasteiger partial charge in [-0.3, -0.25) is 5.84 Å². The van der Waals surface area contributed by atoms with Gasteiger partial charge in [0.2, 0.25) is 0 Å². The SMILES string of the molecule is NN/C=C(\N)SCc1ccccc1. The van der Waals surface area contributed by atoms with E-state index >= 15 is 0 Å². The van der Waals surface area contributed by atoms with Crippen molar-refractivity contribution in [3.63, 3.8) is 0 Å². The van der Waals surface area contributed by atoms with Crippen LogP contribution in [0.25, 0.3) is 0 Å². The van der Waals surface area contributed by atoms with E-state index in [1.54, 1.807) is 18.0 Å². The maximum Gasteiger partial charge on any atom is 0.0832 e. The van der Waals surface area contributed by atoms with Gasteiger partial charge in [-0.05, 0) is 5.56 Å². The lowest BCUT2D eigenvalue weighted by Gasteiger charge is -2.01. The van der Waals surface area contributed by atoms with Crippen molar-refractivity contribution in [2.75, 3.05) is 0 Å². The van der Waals surface area contributed by atoms with E-state index in [0.717, 1.165) is 5.75 Å². The Hall–Kier alpha value is -1.13. The van der Waals surface area contributed by atoms with Crippen LogP contribution >= 0.6 is 11.8 Å². The largest absolute Gasteiger partial charge is 0.392 e. The van der Waals surface area contributed by atoms with Crippen molar-refractivity contribution in [3.05, 3.63) is 47.1 Å². The molecule has 0 heterocycles. The van der Waals surface area contributed by atoms with E-state index in [-0.39, 0.29) is 0 Å². The Bertz CT molecular complexity index is 271. The van der Waals surface area contributed by atoms with E-state index in [4.69, 9.17) is 11.6 Å².